The molecular formula is C11H20N2O5S. The molecule has 8 heteroatoms. The molecule has 1 rings (SSSR count). The summed E-state index contributed by atoms with van der Waals surface area (Å²) in [6.07, 6.45) is 2.35. The maximum atomic E-state index is 11.7. The highest BCUT2D eigenvalue weighted by Gasteiger charge is 2.56. The van der Waals surface area contributed by atoms with E-state index in [0.717, 1.165) is 6.26 Å². The molecule has 1 aliphatic rings. The molecule has 7 nitrogen and oxygen atoms in total. The van der Waals surface area contributed by atoms with E-state index in [9.17, 15) is 18.0 Å². The number of hydrogen-bond acceptors (Lipinski definition) is 4. The molecule has 0 unspecified atom stereocenters. The Labute approximate surface area is 113 Å². The van der Waals surface area contributed by atoms with E-state index in [2.05, 4.69) is 5.32 Å². The molecule has 0 spiro atoms. The van der Waals surface area contributed by atoms with Crippen LogP contribution in [0.3, 0.4) is 0 Å². The van der Waals surface area contributed by atoms with E-state index in [1.165, 1.54) is 4.31 Å². The van der Waals surface area contributed by atoms with Gasteiger partial charge in [-0.2, -0.15) is 0 Å². The first-order chi connectivity index (χ1) is 8.74. The number of sulfonamides is 1. The number of nitrogens with one attached hydrogen (secondary N) is 1. The van der Waals surface area contributed by atoms with Crippen LogP contribution in [0.4, 0.5) is 0 Å². The minimum atomic E-state index is -3.22. The van der Waals surface area contributed by atoms with Gasteiger partial charge in [-0.25, -0.2) is 12.7 Å². The lowest BCUT2D eigenvalue weighted by atomic mass is 10.1. The zero-order chi connectivity index (χ0) is 14.7. The molecular weight excluding hydrogens is 272 g/mol. The van der Waals surface area contributed by atoms with Crippen molar-refractivity contribution in [3.8, 4) is 0 Å². The summed E-state index contributed by atoms with van der Waals surface area (Å²) in [5, 5.41) is 11.5. The summed E-state index contributed by atoms with van der Waals surface area (Å²) in [7, 11) is -3.22. The molecule has 0 aromatic heterocycles. The van der Waals surface area contributed by atoms with E-state index >= 15 is 0 Å². The zero-order valence-corrected chi connectivity index (χ0v) is 12.0. The van der Waals surface area contributed by atoms with E-state index in [1.807, 2.05) is 0 Å². The Morgan fingerprint density at radius 1 is 1.37 bits per heavy atom. The fourth-order valence-electron chi connectivity index (χ4n) is 1.85. The van der Waals surface area contributed by atoms with Gasteiger partial charge in [-0.3, -0.25) is 9.59 Å². The van der Waals surface area contributed by atoms with Crippen molar-refractivity contribution in [1.82, 2.24) is 9.62 Å². The van der Waals surface area contributed by atoms with Gasteiger partial charge >= 0.3 is 5.97 Å². The lowest BCUT2D eigenvalue weighted by molar-refractivity contribution is -0.149. The number of carboxylic acids is 1. The Hall–Kier alpha value is -1.15. The van der Waals surface area contributed by atoms with Gasteiger partial charge in [0.05, 0.1) is 6.26 Å². The average molecular weight is 292 g/mol. The monoisotopic (exact) mass is 292 g/mol. The third-order valence-corrected chi connectivity index (χ3v) is 4.66. The van der Waals surface area contributed by atoms with Gasteiger partial charge in [-0.05, 0) is 19.3 Å². The van der Waals surface area contributed by atoms with Crippen molar-refractivity contribution in [2.24, 2.45) is 5.41 Å². The molecule has 1 aliphatic carbocycles. The Kier molecular flexibility index (Phi) is 4.92. The van der Waals surface area contributed by atoms with E-state index < -0.39 is 27.3 Å². The van der Waals surface area contributed by atoms with Crippen LogP contribution in [0, 0.1) is 5.41 Å². The van der Waals surface area contributed by atoms with E-state index in [-0.39, 0.29) is 6.54 Å². The van der Waals surface area contributed by atoms with Crippen molar-refractivity contribution >= 4 is 21.9 Å². The maximum Gasteiger partial charge on any atom is 0.319 e. The number of carboxylic acid groups (broad SMARTS) is 1. The highest BCUT2D eigenvalue weighted by molar-refractivity contribution is 7.88. The van der Waals surface area contributed by atoms with Crippen LogP contribution in [-0.2, 0) is 19.6 Å². The van der Waals surface area contributed by atoms with Gasteiger partial charge in [0.1, 0.15) is 5.41 Å². The van der Waals surface area contributed by atoms with Gasteiger partial charge in [0.15, 0.2) is 0 Å². The fraction of sp³-hybridized carbons (Fsp3) is 0.818. The van der Waals surface area contributed by atoms with Gasteiger partial charge < -0.3 is 10.4 Å². The number of rotatable bonds is 8. The molecule has 1 amide bonds. The SMILES string of the molecule is CCN(CCCNC(=O)C1(C(=O)O)CC1)S(C)(=O)=O. The van der Waals surface area contributed by atoms with E-state index in [0.29, 0.717) is 32.4 Å². The number of carbonyl (C=O) groups is 2. The van der Waals surface area contributed by atoms with Crippen LogP contribution >= 0.6 is 0 Å². The second-order valence-corrected chi connectivity index (χ2v) is 6.73. The molecule has 2 N–H and O–H groups in total. The van der Waals surface area contributed by atoms with Crippen molar-refractivity contribution in [2.75, 3.05) is 25.9 Å². The number of nitrogens with zero attached hydrogens (tertiary/aromatic N) is 1. The molecule has 0 heterocycles. The summed E-state index contributed by atoms with van der Waals surface area (Å²) in [4.78, 5) is 22.6. The van der Waals surface area contributed by atoms with Gasteiger partial charge in [0.2, 0.25) is 15.9 Å². The third kappa shape index (κ3) is 3.90. The van der Waals surface area contributed by atoms with Crippen LogP contribution in [0.5, 0.6) is 0 Å². The van der Waals surface area contributed by atoms with Crippen molar-refractivity contribution in [1.29, 1.82) is 0 Å². The van der Waals surface area contributed by atoms with Crippen molar-refractivity contribution in [2.45, 2.75) is 26.2 Å². The molecule has 0 aromatic rings. The molecule has 0 saturated heterocycles. The van der Waals surface area contributed by atoms with Crippen LogP contribution in [0.25, 0.3) is 0 Å². The molecule has 110 valence electrons. The molecule has 0 radical (unpaired) electrons. The Morgan fingerprint density at radius 2 is 1.95 bits per heavy atom. The predicted molar refractivity (Wildman–Crippen MR) is 69.0 cm³/mol. The third-order valence-electron chi connectivity index (χ3n) is 3.29. The summed E-state index contributed by atoms with van der Waals surface area (Å²) < 4.78 is 23.9. The summed E-state index contributed by atoms with van der Waals surface area (Å²) >= 11 is 0. The number of aliphatic carboxylic acids is 1. The van der Waals surface area contributed by atoms with E-state index in [4.69, 9.17) is 5.11 Å². The lowest BCUT2D eigenvalue weighted by Gasteiger charge is -2.18. The van der Waals surface area contributed by atoms with E-state index in [1.54, 1.807) is 6.92 Å². The highest BCUT2D eigenvalue weighted by atomic mass is 32.2. The summed E-state index contributed by atoms with van der Waals surface area (Å²) in [6.45, 7) is 2.71. The molecule has 1 fully saturated rings. The summed E-state index contributed by atoms with van der Waals surface area (Å²) in [5.41, 5.74) is -1.23. The number of hydrogen-bond donors (Lipinski definition) is 2. The minimum Gasteiger partial charge on any atom is -0.480 e. The maximum absolute atomic E-state index is 11.7. The second kappa shape index (κ2) is 5.87. The summed E-state index contributed by atoms with van der Waals surface area (Å²) in [5.74, 6) is -1.56. The minimum absolute atomic E-state index is 0.278. The standard InChI is InChI=1S/C11H20N2O5S/c1-3-13(19(2,17)18)8-4-7-12-9(14)11(5-6-11)10(15)16/h3-8H2,1-2H3,(H,12,14)(H,15,16). The average Bonchev–Trinajstić information content (AvgIpc) is 3.07. The van der Waals surface area contributed by atoms with Crippen LogP contribution in [0.15, 0.2) is 0 Å². The zero-order valence-electron chi connectivity index (χ0n) is 11.2. The summed E-state index contributed by atoms with van der Waals surface area (Å²) in [6, 6.07) is 0. The van der Waals surface area contributed by atoms with Crippen molar-refractivity contribution < 1.29 is 23.1 Å². The molecule has 1 saturated carbocycles. The first-order valence-corrected chi connectivity index (χ1v) is 8.05. The number of amides is 1. The molecule has 19 heavy (non-hydrogen) atoms. The predicted octanol–water partition coefficient (Wildman–Crippen LogP) is -0.361. The van der Waals surface area contributed by atoms with Crippen LogP contribution in [-0.4, -0.2) is 55.6 Å². The molecule has 0 aliphatic heterocycles. The van der Waals surface area contributed by atoms with Crippen LogP contribution < -0.4 is 5.32 Å². The highest BCUT2D eigenvalue weighted by Crippen LogP contribution is 2.45. The normalized spacial score (nSPS) is 17.2. The van der Waals surface area contributed by atoms with Gasteiger partial charge in [-0.1, -0.05) is 6.92 Å². The fourth-order valence-corrected chi connectivity index (χ4v) is 2.78. The Balaban J connectivity index is 2.32. The molecule has 0 atom stereocenters. The van der Waals surface area contributed by atoms with Crippen LogP contribution in [0.1, 0.15) is 26.2 Å². The smallest absolute Gasteiger partial charge is 0.319 e. The topological polar surface area (TPSA) is 104 Å². The first-order valence-electron chi connectivity index (χ1n) is 6.21. The van der Waals surface area contributed by atoms with Gasteiger partial charge in [-0.15, -0.1) is 0 Å². The van der Waals surface area contributed by atoms with Crippen molar-refractivity contribution in [3.05, 3.63) is 0 Å². The second-order valence-electron chi connectivity index (χ2n) is 4.75. The Bertz CT molecular complexity index is 456. The van der Waals surface area contributed by atoms with Gasteiger partial charge in [0, 0.05) is 19.6 Å². The quantitative estimate of drug-likeness (QED) is 0.469. The van der Waals surface area contributed by atoms with Gasteiger partial charge in [0.25, 0.3) is 0 Å². The Morgan fingerprint density at radius 3 is 2.32 bits per heavy atom. The lowest BCUT2D eigenvalue weighted by Crippen LogP contribution is -2.39. The van der Waals surface area contributed by atoms with Crippen molar-refractivity contribution in [3.63, 3.8) is 0 Å². The molecule has 0 bridgehead atoms. The first kappa shape index (κ1) is 15.9. The molecule has 0 aromatic carbocycles. The largest absolute Gasteiger partial charge is 0.480 e. The number of carbonyl (C=O) groups excluding carboxylic acids is 1. The van der Waals surface area contributed by atoms with Crippen LogP contribution in [0.2, 0.25) is 0 Å².